The van der Waals surface area contributed by atoms with Crippen LogP contribution in [0.1, 0.15) is 55.8 Å². The third-order valence-corrected chi connectivity index (χ3v) is 18.1. The second-order valence-electron chi connectivity index (χ2n) is 23.3. The van der Waals surface area contributed by atoms with Crippen LogP contribution in [0.25, 0.3) is 0 Å². The van der Waals surface area contributed by atoms with Gasteiger partial charge in [-0.25, -0.2) is 4.98 Å². The highest BCUT2D eigenvalue weighted by Crippen LogP contribution is 2.54. The fraction of sp³-hybridized carbons (Fsp3) is 0.266. The number of aromatic nitrogens is 2. The Bertz CT molecular complexity index is 3840. The minimum atomic E-state index is -1.54. The van der Waals surface area contributed by atoms with E-state index in [2.05, 4.69) is 36.4 Å². The number of benzene rings is 9. The van der Waals surface area contributed by atoms with Crippen molar-refractivity contribution in [1.29, 1.82) is 0 Å². The van der Waals surface area contributed by atoms with Crippen LogP contribution in [-0.2, 0) is 104 Å². The lowest BCUT2D eigenvalue weighted by Crippen LogP contribution is -2.62. The maximum atomic E-state index is 7.89. The molecule has 3 aliphatic heterocycles. The Morgan fingerprint density at radius 1 is 0.362 bits per heavy atom. The van der Waals surface area contributed by atoms with E-state index in [-0.39, 0.29) is 52.9 Å². The van der Waals surface area contributed by atoms with Gasteiger partial charge >= 0.3 is 0 Å². The van der Waals surface area contributed by atoms with E-state index in [0.717, 1.165) is 38.9 Å². The van der Waals surface area contributed by atoms with Gasteiger partial charge in [0.05, 0.1) is 59.5 Å². The van der Waals surface area contributed by atoms with Gasteiger partial charge in [-0.3, -0.25) is 4.98 Å². The molecule has 3 aliphatic rings. The average Bonchev–Trinajstić information content (AvgIpc) is 0.719. The molecule has 10 aromatic rings. The first kappa shape index (κ1) is 64.5. The van der Waals surface area contributed by atoms with Crippen LogP contribution in [0.2, 0.25) is 0 Å². The van der Waals surface area contributed by atoms with Crippen LogP contribution >= 0.6 is 11.8 Å². The Hall–Kier alpha value is -8.23. The lowest BCUT2D eigenvalue weighted by atomic mass is 9.80. The van der Waals surface area contributed by atoms with E-state index >= 15 is 0 Å². The van der Waals surface area contributed by atoms with E-state index in [1.165, 1.54) is 11.8 Å². The van der Waals surface area contributed by atoms with Gasteiger partial charge in [0.15, 0.2) is 11.9 Å². The number of ether oxygens (including phenoxy) is 12. The van der Waals surface area contributed by atoms with Crippen molar-refractivity contribution in [1.82, 2.24) is 9.97 Å². The van der Waals surface area contributed by atoms with E-state index < -0.39 is 66.2 Å². The fourth-order valence-corrected chi connectivity index (χ4v) is 13.5. The maximum Gasteiger partial charge on any atom is 0.186 e. The van der Waals surface area contributed by atoms with E-state index in [9.17, 15) is 0 Å². The molecule has 0 unspecified atom stereocenters. The standard InChI is InChI=1S/C79H76N2O12S/c1-82-77-73(88-52-61-37-19-7-20-38-61)71(86-50-59-33-15-5-16-34-59)70(85-49-58-31-13-4-14-32-58)68(92-77)55-90-79(63-41-23-25-43-65(63)91-66-44-26-24-42-64(66)79)75-76(81-46-45-80-75)94-78-74(89-53-62-39-21-8-22-40-62)72(87-51-60-35-17-6-18-36-60)69(84-48-57-29-11-3-12-30-57)67(93-78)54-83-47-56-27-9-2-10-28-56/h2-46,67-74,77-78H,47-55H2,1H3/t67-,68-,69-,70-,71+,72+,73-,74-,77+,78+/m1/s1. The largest absolute Gasteiger partial charge is 0.457 e. The first-order valence-corrected chi connectivity index (χ1v) is 32.8. The smallest absolute Gasteiger partial charge is 0.186 e. The SMILES string of the molecule is CO[C@H]1O[C@H](COC2(c3nccnc3S[C@@H]3O[C@H](COCc4ccccc4)[C@@H](OCc4ccccc4)[C@H](OCc4ccccc4)[C@H]3OCc3ccccc3)c3ccccc3Oc3ccccc32)[C@@H](OCc2ccccc2)[C@H](OCc2ccccc2)[C@H]1OCc1ccccc1. The number of para-hydroxylation sites is 2. The van der Waals surface area contributed by atoms with Crippen molar-refractivity contribution in [3.63, 3.8) is 0 Å². The van der Waals surface area contributed by atoms with Gasteiger partial charge < -0.3 is 56.8 Å². The molecular formula is C79H76N2O12S. The summed E-state index contributed by atoms with van der Waals surface area (Å²) in [6.07, 6.45) is -3.54. The van der Waals surface area contributed by atoms with Crippen molar-refractivity contribution in [3.8, 4) is 11.5 Å². The minimum Gasteiger partial charge on any atom is -0.457 e. The van der Waals surface area contributed by atoms with Crippen molar-refractivity contribution in [2.75, 3.05) is 20.3 Å². The lowest BCUT2D eigenvalue weighted by Gasteiger charge is -2.47. The fourth-order valence-electron chi connectivity index (χ4n) is 12.3. The normalized spacial score (nSPS) is 22.1. The molecule has 0 spiro atoms. The van der Waals surface area contributed by atoms with Crippen LogP contribution in [-0.4, -0.2) is 90.8 Å². The summed E-state index contributed by atoms with van der Waals surface area (Å²) in [6, 6.07) is 86.4. The van der Waals surface area contributed by atoms with Crippen molar-refractivity contribution in [2.24, 2.45) is 0 Å². The van der Waals surface area contributed by atoms with E-state index in [0.29, 0.717) is 40.0 Å². The lowest BCUT2D eigenvalue weighted by molar-refractivity contribution is -0.325. The summed E-state index contributed by atoms with van der Waals surface area (Å²) >= 11 is 1.39. The molecule has 4 heterocycles. The molecule has 9 aromatic carbocycles. The number of thioether (sulfide) groups is 1. The van der Waals surface area contributed by atoms with Gasteiger partial charge in [0.25, 0.3) is 0 Å². The van der Waals surface area contributed by atoms with Crippen LogP contribution in [0.15, 0.2) is 278 Å². The molecule has 0 radical (unpaired) electrons. The summed E-state index contributed by atoms with van der Waals surface area (Å²) in [6.45, 7) is 1.95. The number of hydrogen-bond acceptors (Lipinski definition) is 15. The Labute approximate surface area is 554 Å². The molecule has 2 fully saturated rings. The average molecular weight is 1280 g/mol. The van der Waals surface area contributed by atoms with Gasteiger partial charge in [-0.1, -0.05) is 260 Å². The topological polar surface area (TPSA) is 137 Å². The van der Waals surface area contributed by atoms with Crippen molar-refractivity contribution in [3.05, 3.63) is 329 Å². The first-order valence-electron chi connectivity index (χ1n) is 31.9. The summed E-state index contributed by atoms with van der Waals surface area (Å²) < 4.78 is 85.1. The predicted molar refractivity (Wildman–Crippen MR) is 357 cm³/mol. The van der Waals surface area contributed by atoms with Crippen LogP contribution in [0, 0.1) is 0 Å². The van der Waals surface area contributed by atoms with Gasteiger partial charge in [-0.2, -0.15) is 0 Å². The molecule has 0 saturated carbocycles. The van der Waals surface area contributed by atoms with E-state index in [4.69, 9.17) is 66.8 Å². The summed E-state index contributed by atoms with van der Waals surface area (Å²) in [5, 5.41) is 0.497. The van der Waals surface area contributed by atoms with Gasteiger partial charge in [0.2, 0.25) is 0 Å². The zero-order valence-corrected chi connectivity index (χ0v) is 53.1. The monoisotopic (exact) mass is 1280 g/mol. The Balaban J connectivity index is 0.910. The predicted octanol–water partition coefficient (Wildman–Crippen LogP) is 14.8. The summed E-state index contributed by atoms with van der Waals surface area (Å²) in [4.78, 5) is 10.7. The highest BCUT2D eigenvalue weighted by molar-refractivity contribution is 7.99. The molecule has 0 amide bonds. The summed E-state index contributed by atoms with van der Waals surface area (Å²) in [7, 11) is 1.62. The molecule has 2 saturated heterocycles. The first-order chi connectivity index (χ1) is 46.6. The molecule has 14 nitrogen and oxygen atoms in total. The third-order valence-electron chi connectivity index (χ3n) is 17.0. The number of nitrogens with zero attached hydrogens (tertiary/aromatic N) is 2. The molecule has 0 bridgehead atoms. The maximum absolute atomic E-state index is 7.89. The molecule has 1 aromatic heterocycles. The van der Waals surface area contributed by atoms with Gasteiger partial charge in [-0.05, 0) is 51.1 Å². The number of hydrogen-bond donors (Lipinski definition) is 0. The van der Waals surface area contributed by atoms with Crippen LogP contribution < -0.4 is 4.74 Å². The molecule has 13 rings (SSSR count). The van der Waals surface area contributed by atoms with Crippen LogP contribution in [0.5, 0.6) is 11.5 Å². The molecule has 0 N–H and O–H groups in total. The molecule has 15 heteroatoms. The van der Waals surface area contributed by atoms with Crippen LogP contribution in [0.4, 0.5) is 0 Å². The number of fused-ring (bicyclic) bond motifs is 2. The van der Waals surface area contributed by atoms with E-state index in [1.807, 2.05) is 224 Å². The molecular weight excluding hydrogens is 1200 g/mol. The number of methoxy groups -OCH3 is 1. The highest BCUT2D eigenvalue weighted by Gasteiger charge is 2.55. The second-order valence-corrected chi connectivity index (χ2v) is 24.4. The zero-order valence-electron chi connectivity index (χ0n) is 52.3. The molecule has 10 atom stereocenters. The molecule has 480 valence electrons. The van der Waals surface area contributed by atoms with Gasteiger partial charge in [0, 0.05) is 30.6 Å². The van der Waals surface area contributed by atoms with Crippen LogP contribution in [0.3, 0.4) is 0 Å². The van der Waals surface area contributed by atoms with Crippen molar-refractivity contribution in [2.45, 2.75) is 117 Å². The third kappa shape index (κ3) is 15.8. The van der Waals surface area contributed by atoms with Crippen molar-refractivity contribution < 1.29 is 56.8 Å². The second kappa shape index (κ2) is 32.3. The summed E-state index contributed by atoms with van der Waals surface area (Å²) in [5.74, 6) is 1.14. The Morgan fingerprint density at radius 3 is 1.15 bits per heavy atom. The number of rotatable bonds is 29. The molecule has 94 heavy (non-hydrogen) atoms. The molecule has 0 aliphatic carbocycles. The van der Waals surface area contributed by atoms with E-state index in [1.54, 1.807) is 19.5 Å². The van der Waals surface area contributed by atoms with Gasteiger partial charge in [-0.15, -0.1) is 0 Å². The Morgan fingerprint density at radius 2 is 0.713 bits per heavy atom. The van der Waals surface area contributed by atoms with Crippen molar-refractivity contribution >= 4 is 11.8 Å². The van der Waals surface area contributed by atoms with Gasteiger partial charge in [0.1, 0.15) is 76.5 Å². The highest BCUT2D eigenvalue weighted by atomic mass is 32.2. The zero-order chi connectivity index (χ0) is 63.6. The quantitative estimate of drug-likeness (QED) is 0.0439. The summed E-state index contributed by atoms with van der Waals surface area (Å²) in [5.41, 5.74) is 6.38. The minimum absolute atomic E-state index is 0.0847. The Kier molecular flexibility index (Phi) is 22.1.